The summed E-state index contributed by atoms with van der Waals surface area (Å²) in [6, 6.07) is 21.5. The summed E-state index contributed by atoms with van der Waals surface area (Å²) in [4.78, 5) is 30.0. The zero-order valence-electron chi connectivity index (χ0n) is 20.6. The second-order valence-corrected chi connectivity index (χ2v) is 8.93. The number of halogens is 1. The van der Waals surface area contributed by atoms with Gasteiger partial charge in [0.2, 0.25) is 11.7 Å². The molecule has 37 heavy (non-hydrogen) atoms. The number of rotatable bonds is 7. The maximum Gasteiger partial charge on any atom is 0.291 e. The van der Waals surface area contributed by atoms with Crippen LogP contribution in [0.3, 0.4) is 0 Å². The van der Waals surface area contributed by atoms with Gasteiger partial charge in [-0.1, -0.05) is 36.4 Å². The Bertz CT molecular complexity index is 1410. The van der Waals surface area contributed by atoms with Crippen molar-refractivity contribution in [3.63, 3.8) is 0 Å². The largest absolute Gasteiger partial charge is 0.497 e. The topological polar surface area (TPSA) is 75.0 Å². The Morgan fingerprint density at radius 2 is 1.65 bits per heavy atom. The van der Waals surface area contributed by atoms with E-state index >= 15 is 0 Å². The monoisotopic (exact) mass is 501 g/mol. The lowest BCUT2D eigenvalue weighted by molar-refractivity contribution is -0.116. The number of hydrogen-bond donors (Lipinski definition) is 1. The molecule has 1 saturated heterocycles. The molecule has 4 aromatic rings. The lowest BCUT2D eigenvalue weighted by atomic mass is 10.1. The van der Waals surface area contributed by atoms with E-state index < -0.39 is 0 Å². The molecule has 0 saturated carbocycles. The highest BCUT2D eigenvalue weighted by molar-refractivity contribution is 6.10. The maximum atomic E-state index is 14.2. The molecule has 0 unspecified atom stereocenters. The fourth-order valence-corrected chi connectivity index (χ4v) is 4.57. The van der Waals surface area contributed by atoms with Crippen molar-refractivity contribution in [2.45, 2.75) is 12.8 Å². The molecule has 0 aliphatic carbocycles. The van der Waals surface area contributed by atoms with Crippen molar-refractivity contribution in [2.24, 2.45) is 0 Å². The number of ether oxygens (including phenoxy) is 1. The Labute approximate surface area is 214 Å². The van der Waals surface area contributed by atoms with Crippen molar-refractivity contribution in [2.75, 3.05) is 43.5 Å². The standard InChI is InChI=1S/C29H28FN3O4/c1-36-21-13-10-20(11-14-21)12-15-26(34)31-27-22-6-2-5-9-25(22)37-28(27)29(35)33-18-16-32(17-19-33)24-8-4-3-7-23(24)30/h2-11,13-14H,12,15-19H2,1H3,(H,31,34). The van der Waals surface area contributed by atoms with Gasteiger partial charge in [-0.15, -0.1) is 0 Å². The number of carbonyl (C=O) groups excluding carboxylic acids is 2. The lowest BCUT2D eigenvalue weighted by Gasteiger charge is -2.35. The average Bonchev–Trinajstić information content (AvgIpc) is 3.30. The number of nitrogens with zero attached hydrogens (tertiary/aromatic N) is 2. The number of nitrogens with one attached hydrogen (secondary N) is 1. The van der Waals surface area contributed by atoms with E-state index in [1.54, 1.807) is 36.3 Å². The van der Waals surface area contributed by atoms with Crippen LogP contribution in [0.4, 0.5) is 15.8 Å². The summed E-state index contributed by atoms with van der Waals surface area (Å²) >= 11 is 0. The molecule has 2 heterocycles. The predicted octanol–water partition coefficient (Wildman–Crippen LogP) is 5.11. The van der Waals surface area contributed by atoms with Crippen LogP contribution in [0.1, 0.15) is 22.5 Å². The van der Waals surface area contributed by atoms with Crippen molar-refractivity contribution < 1.29 is 23.1 Å². The van der Waals surface area contributed by atoms with Crippen molar-refractivity contribution in [1.29, 1.82) is 0 Å². The number of amides is 2. The SMILES string of the molecule is COc1ccc(CCC(=O)Nc2c(C(=O)N3CCN(c4ccccc4F)CC3)oc3ccccc23)cc1. The van der Waals surface area contributed by atoms with E-state index in [0.717, 1.165) is 11.3 Å². The molecule has 0 atom stereocenters. The highest BCUT2D eigenvalue weighted by Crippen LogP contribution is 2.32. The summed E-state index contributed by atoms with van der Waals surface area (Å²) in [5.74, 6) is 0.0872. The minimum atomic E-state index is -0.296. The number of carbonyl (C=O) groups is 2. The van der Waals surface area contributed by atoms with Gasteiger partial charge in [0.15, 0.2) is 0 Å². The molecule has 3 aromatic carbocycles. The van der Waals surface area contributed by atoms with E-state index in [1.165, 1.54) is 6.07 Å². The van der Waals surface area contributed by atoms with Gasteiger partial charge in [0.1, 0.15) is 22.8 Å². The van der Waals surface area contributed by atoms with Gasteiger partial charge in [-0.2, -0.15) is 0 Å². The third-order valence-electron chi connectivity index (χ3n) is 6.61. The van der Waals surface area contributed by atoms with E-state index in [2.05, 4.69) is 5.32 Å². The van der Waals surface area contributed by atoms with Crippen LogP contribution in [0.25, 0.3) is 11.0 Å². The third-order valence-corrected chi connectivity index (χ3v) is 6.61. The van der Waals surface area contributed by atoms with Crippen LogP contribution in [-0.2, 0) is 11.2 Å². The summed E-state index contributed by atoms with van der Waals surface area (Å²) in [5.41, 5.74) is 2.46. The van der Waals surface area contributed by atoms with E-state index in [0.29, 0.717) is 54.9 Å². The predicted molar refractivity (Wildman–Crippen MR) is 141 cm³/mol. The smallest absolute Gasteiger partial charge is 0.291 e. The van der Waals surface area contributed by atoms with Gasteiger partial charge in [0.25, 0.3) is 5.91 Å². The van der Waals surface area contributed by atoms with Gasteiger partial charge in [-0.25, -0.2) is 4.39 Å². The minimum absolute atomic E-state index is 0.110. The second-order valence-electron chi connectivity index (χ2n) is 8.93. The van der Waals surface area contributed by atoms with Crippen LogP contribution >= 0.6 is 0 Å². The molecule has 2 amide bonds. The molecule has 1 N–H and O–H groups in total. The van der Waals surface area contributed by atoms with Crippen LogP contribution in [-0.4, -0.2) is 50.0 Å². The second kappa shape index (κ2) is 10.7. The van der Waals surface area contributed by atoms with Crippen LogP contribution in [0.15, 0.2) is 77.2 Å². The fourth-order valence-electron chi connectivity index (χ4n) is 4.57. The quantitative estimate of drug-likeness (QED) is 0.381. The number of piperazine rings is 1. The zero-order chi connectivity index (χ0) is 25.8. The van der Waals surface area contributed by atoms with Crippen LogP contribution in [0, 0.1) is 5.82 Å². The molecule has 7 nitrogen and oxygen atoms in total. The molecule has 1 aromatic heterocycles. The van der Waals surface area contributed by atoms with E-state index in [9.17, 15) is 14.0 Å². The summed E-state index contributed by atoms with van der Waals surface area (Å²) in [5, 5.41) is 3.60. The van der Waals surface area contributed by atoms with Crippen molar-refractivity contribution in [1.82, 2.24) is 4.90 Å². The number of furan rings is 1. The summed E-state index contributed by atoms with van der Waals surface area (Å²) in [6.45, 7) is 1.82. The summed E-state index contributed by atoms with van der Waals surface area (Å²) < 4.78 is 25.3. The zero-order valence-corrected chi connectivity index (χ0v) is 20.6. The Kier molecular flexibility index (Phi) is 7.07. The van der Waals surface area contributed by atoms with Gasteiger partial charge in [0.05, 0.1) is 12.8 Å². The summed E-state index contributed by atoms with van der Waals surface area (Å²) in [7, 11) is 1.61. The number of aryl methyl sites for hydroxylation is 1. The highest BCUT2D eigenvalue weighted by atomic mass is 19.1. The molecule has 0 spiro atoms. The minimum Gasteiger partial charge on any atom is -0.497 e. The number of benzene rings is 3. The van der Waals surface area contributed by atoms with E-state index in [4.69, 9.17) is 9.15 Å². The first kappa shape index (κ1) is 24.4. The van der Waals surface area contributed by atoms with Crippen molar-refractivity contribution in [3.05, 3.63) is 89.9 Å². The van der Waals surface area contributed by atoms with Gasteiger partial charge >= 0.3 is 0 Å². The molecular formula is C29H28FN3O4. The molecule has 0 radical (unpaired) electrons. The Morgan fingerprint density at radius 1 is 0.946 bits per heavy atom. The van der Waals surface area contributed by atoms with Gasteiger partial charge in [0, 0.05) is 38.0 Å². The number of para-hydroxylation sites is 2. The lowest BCUT2D eigenvalue weighted by Crippen LogP contribution is -2.49. The molecular weight excluding hydrogens is 473 g/mol. The van der Waals surface area contributed by atoms with Crippen molar-refractivity contribution >= 4 is 34.2 Å². The van der Waals surface area contributed by atoms with E-state index in [1.807, 2.05) is 47.4 Å². The van der Waals surface area contributed by atoms with E-state index in [-0.39, 0.29) is 29.8 Å². The molecule has 1 fully saturated rings. The number of methoxy groups -OCH3 is 1. The Hall–Kier alpha value is -4.33. The van der Waals surface area contributed by atoms with Crippen LogP contribution < -0.4 is 15.0 Å². The number of hydrogen-bond acceptors (Lipinski definition) is 5. The Morgan fingerprint density at radius 3 is 2.38 bits per heavy atom. The fraction of sp³-hybridized carbons (Fsp3) is 0.241. The van der Waals surface area contributed by atoms with Crippen LogP contribution in [0.5, 0.6) is 5.75 Å². The third kappa shape index (κ3) is 5.28. The van der Waals surface area contributed by atoms with Gasteiger partial charge < -0.3 is 24.3 Å². The first-order chi connectivity index (χ1) is 18.0. The summed E-state index contributed by atoms with van der Waals surface area (Å²) in [6.07, 6.45) is 0.799. The Balaban J connectivity index is 1.29. The molecule has 8 heteroatoms. The molecule has 1 aliphatic rings. The maximum absolute atomic E-state index is 14.2. The molecule has 1 aliphatic heterocycles. The van der Waals surface area contributed by atoms with Crippen molar-refractivity contribution in [3.8, 4) is 5.75 Å². The average molecular weight is 502 g/mol. The van der Waals surface area contributed by atoms with Gasteiger partial charge in [-0.3, -0.25) is 9.59 Å². The van der Waals surface area contributed by atoms with Gasteiger partial charge in [-0.05, 0) is 48.4 Å². The first-order valence-electron chi connectivity index (χ1n) is 12.3. The number of fused-ring (bicyclic) bond motifs is 1. The molecule has 0 bridgehead atoms. The van der Waals surface area contributed by atoms with Crippen LogP contribution in [0.2, 0.25) is 0 Å². The first-order valence-corrected chi connectivity index (χ1v) is 12.3. The molecule has 190 valence electrons. The highest BCUT2D eigenvalue weighted by Gasteiger charge is 2.29. The molecule has 5 rings (SSSR count). The number of anilines is 2. The normalized spacial score (nSPS) is 13.6.